The molecule has 1 fully saturated rings. The topological polar surface area (TPSA) is 55.6 Å². The van der Waals surface area contributed by atoms with Crippen LogP contribution in [0.1, 0.15) is 30.3 Å². The number of aryl methyl sites for hydroxylation is 1. The molecule has 1 N–H and O–H groups in total. The first-order valence-corrected chi connectivity index (χ1v) is 6.38. The zero-order valence-corrected chi connectivity index (χ0v) is 10.5. The molecule has 0 bridgehead atoms. The van der Waals surface area contributed by atoms with Crippen LogP contribution >= 0.6 is 0 Å². The third kappa shape index (κ3) is 2.01. The molecule has 0 aromatic carbocycles. The predicted molar refractivity (Wildman–Crippen MR) is 68.7 cm³/mol. The van der Waals surface area contributed by atoms with Crippen LogP contribution < -0.4 is 5.32 Å². The van der Waals surface area contributed by atoms with E-state index in [2.05, 4.69) is 20.3 Å². The fourth-order valence-electron chi connectivity index (χ4n) is 2.51. The van der Waals surface area contributed by atoms with Gasteiger partial charge in [-0.05, 0) is 32.9 Å². The fourth-order valence-corrected chi connectivity index (χ4v) is 2.51. The molecule has 0 aliphatic carbocycles. The first-order valence-electron chi connectivity index (χ1n) is 6.38. The maximum Gasteiger partial charge on any atom is 0.160 e. The van der Waals surface area contributed by atoms with Gasteiger partial charge < -0.3 is 5.32 Å². The maximum atomic E-state index is 4.56. The van der Waals surface area contributed by atoms with Crippen LogP contribution in [0.2, 0.25) is 0 Å². The average molecular weight is 243 g/mol. The first kappa shape index (κ1) is 11.3. The summed E-state index contributed by atoms with van der Waals surface area (Å²) in [5.74, 6) is 2.38. The number of aromatic nitrogens is 4. The Morgan fingerprint density at radius 3 is 2.61 bits per heavy atom. The van der Waals surface area contributed by atoms with Gasteiger partial charge in [0.25, 0.3) is 0 Å². The molecule has 3 rings (SSSR count). The molecule has 0 atom stereocenters. The van der Waals surface area contributed by atoms with Gasteiger partial charge in [0, 0.05) is 30.7 Å². The molecule has 0 spiro atoms. The number of piperidine rings is 1. The van der Waals surface area contributed by atoms with Crippen molar-refractivity contribution < 1.29 is 0 Å². The lowest BCUT2D eigenvalue weighted by atomic mass is 9.94. The van der Waals surface area contributed by atoms with Crippen molar-refractivity contribution in [1.82, 2.24) is 24.8 Å². The number of rotatable bonds is 2. The SMILES string of the molecule is Cc1nccn1-c1nccnc1C1CCNCC1. The third-order valence-corrected chi connectivity index (χ3v) is 3.49. The number of hydrogen-bond acceptors (Lipinski definition) is 4. The largest absolute Gasteiger partial charge is 0.317 e. The van der Waals surface area contributed by atoms with E-state index in [1.807, 2.05) is 17.7 Å². The molecule has 0 radical (unpaired) electrons. The molecule has 5 nitrogen and oxygen atoms in total. The quantitative estimate of drug-likeness (QED) is 0.867. The van der Waals surface area contributed by atoms with E-state index in [4.69, 9.17) is 0 Å². The van der Waals surface area contributed by atoms with Crippen molar-refractivity contribution in [1.29, 1.82) is 0 Å². The first-order chi connectivity index (χ1) is 8.86. The van der Waals surface area contributed by atoms with E-state index in [0.717, 1.165) is 43.3 Å². The number of nitrogens with one attached hydrogen (secondary N) is 1. The Kier molecular flexibility index (Phi) is 3.06. The van der Waals surface area contributed by atoms with Gasteiger partial charge in [0.2, 0.25) is 0 Å². The average Bonchev–Trinajstić information content (AvgIpc) is 2.86. The van der Waals surface area contributed by atoms with E-state index in [1.165, 1.54) is 0 Å². The van der Waals surface area contributed by atoms with Gasteiger partial charge in [0.15, 0.2) is 5.82 Å². The summed E-state index contributed by atoms with van der Waals surface area (Å²) >= 11 is 0. The summed E-state index contributed by atoms with van der Waals surface area (Å²) in [6, 6.07) is 0. The Hall–Kier alpha value is -1.75. The smallest absolute Gasteiger partial charge is 0.160 e. The lowest BCUT2D eigenvalue weighted by Crippen LogP contribution is -2.27. The van der Waals surface area contributed by atoms with Crippen LogP contribution in [0, 0.1) is 6.92 Å². The number of imidazole rings is 1. The number of hydrogen-bond donors (Lipinski definition) is 1. The van der Waals surface area contributed by atoms with Gasteiger partial charge in [-0.15, -0.1) is 0 Å². The van der Waals surface area contributed by atoms with Crippen LogP contribution in [0.4, 0.5) is 0 Å². The highest BCUT2D eigenvalue weighted by molar-refractivity contribution is 5.32. The third-order valence-electron chi connectivity index (χ3n) is 3.49. The normalized spacial score (nSPS) is 16.9. The highest BCUT2D eigenvalue weighted by Crippen LogP contribution is 2.27. The summed E-state index contributed by atoms with van der Waals surface area (Å²) in [4.78, 5) is 13.3. The van der Waals surface area contributed by atoms with Gasteiger partial charge in [0.1, 0.15) is 5.82 Å². The summed E-state index contributed by atoms with van der Waals surface area (Å²) in [5, 5.41) is 3.38. The van der Waals surface area contributed by atoms with Gasteiger partial charge in [-0.25, -0.2) is 9.97 Å². The van der Waals surface area contributed by atoms with Crippen molar-refractivity contribution in [2.45, 2.75) is 25.7 Å². The molecule has 94 valence electrons. The molecule has 0 amide bonds. The van der Waals surface area contributed by atoms with Gasteiger partial charge in [0.05, 0.1) is 5.69 Å². The molecular weight excluding hydrogens is 226 g/mol. The predicted octanol–water partition coefficient (Wildman–Crippen LogP) is 1.44. The highest BCUT2D eigenvalue weighted by atomic mass is 15.1. The molecule has 1 aliphatic heterocycles. The fraction of sp³-hybridized carbons (Fsp3) is 0.462. The summed E-state index contributed by atoms with van der Waals surface area (Å²) in [5.41, 5.74) is 1.10. The summed E-state index contributed by atoms with van der Waals surface area (Å²) in [6.07, 6.45) is 9.53. The van der Waals surface area contributed by atoms with Gasteiger partial charge in [-0.3, -0.25) is 9.55 Å². The zero-order valence-electron chi connectivity index (χ0n) is 10.5. The van der Waals surface area contributed by atoms with Crippen molar-refractivity contribution >= 4 is 0 Å². The molecule has 3 heterocycles. The molecular formula is C13H17N5. The van der Waals surface area contributed by atoms with Crippen LogP contribution in [0.25, 0.3) is 5.82 Å². The number of nitrogens with zero attached hydrogens (tertiary/aromatic N) is 4. The van der Waals surface area contributed by atoms with Crippen LogP contribution in [-0.2, 0) is 0 Å². The molecule has 1 aliphatic rings. The second-order valence-electron chi connectivity index (χ2n) is 4.63. The maximum absolute atomic E-state index is 4.56. The summed E-state index contributed by atoms with van der Waals surface area (Å²) in [7, 11) is 0. The molecule has 0 unspecified atom stereocenters. The van der Waals surface area contributed by atoms with Crippen molar-refractivity contribution in [3.63, 3.8) is 0 Å². The summed E-state index contributed by atoms with van der Waals surface area (Å²) < 4.78 is 2.02. The lowest BCUT2D eigenvalue weighted by molar-refractivity contribution is 0.451. The van der Waals surface area contributed by atoms with Gasteiger partial charge >= 0.3 is 0 Å². The van der Waals surface area contributed by atoms with E-state index < -0.39 is 0 Å². The van der Waals surface area contributed by atoms with Gasteiger partial charge in [-0.1, -0.05) is 0 Å². The minimum absolute atomic E-state index is 0.497. The highest BCUT2D eigenvalue weighted by Gasteiger charge is 2.21. The van der Waals surface area contributed by atoms with E-state index in [9.17, 15) is 0 Å². The lowest BCUT2D eigenvalue weighted by Gasteiger charge is -2.23. The van der Waals surface area contributed by atoms with Crippen molar-refractivity contribution in [2.24, 2.45) is 0 Å². The van der Waals surface area contributed by atoms with E-state index >= 15 is 0 Å². The van der Waals surface area contributed by atoms with Crippen LogP contribution in [0.5, 0.6) is 0 Å². The van der Waals surface area contributed by atoms with Crippen LogP contribution in [0.15, 0.2) is 24.8 Å². The molecule has 0 saturated carbocycles. The van der Waals surface area contributed by atoms with E-state index in [-0.39, 0.29) is 0 Å². The summed E-state index contributed by atoms with van der Waals surface area (Å²) in [6.45, 7) is 4.11. The molecule has 5 heteroatoms. The molecule has 2 aromatic heterocycles. The van der Waals surface area contributed by atoms with Crippen LogP contribution in [-0.4, -0.2) is 32.6 Å². The van der Waals surface area contributed by atoms with Gasteiger partial charge in [-0.2, -0.15) is 0 Å². The van der Waals surface area contributed by atoms with Crippen LogP contribution in [0.3, 0.4) is 0 Å². The molecule has 1 saturated heterocycles. The standard InChI is InChI=1S/C13H17N5/c1-10-15-8-9-18(10)13-12(16-6-7-17-13)11-2-4-14-5-3-11/h6-9,11,14H,2-5H2,1H3. The van der Waals surface area contributed by atoms with Crippen molar-refractivity contribution in [3.05, 3.63) is 36.3 Å². The Morgan fingerprint density at radius 2 is 1.89 bits per heavy atom. The monoisotopic (exact) mass is 243 g/mol. The minimum atomic E-state index is 0.497. The Labute approximate surface area is 106 Å². The van der Waals surface area contributed by atoms with Crippen molar-refractivity contribution in [3.8, 4) is 5.82 Å². The molecule has 18 heavy (non-hydrogen) atoms. The minimum Gasteiger partial charge on any atom is -0.317 e. The Bertz CT molecular complexity index is 528. The van der Waals surface area contributed by atoms with Crippen molar-refractivity contribution in [2.75, 3.05) is 13.1 Å². The van der Waals surface area contributed by atoms with E-state index in [0.29, 0.717) is 5.92 Å². The second-order valence-corrected chi connectivity index (χ2v) is 4.63. The Morgan fingerprint density at radius 1 is 1.11 bits per heavy atom. The zero-order chi connectivity index (χ0) is 12.4. The van der Waals surface area contributed by atoms with E-state index in [1.54, 1.807) is 18.6 Å². The Balaban J connectivity index is 2.02. The second kappa shape index (κ2) is 4.86. The molecule has 2 aromatic rings.